The number of aromatic nitrogens is 1. The maximum Gasteiger partial charge on any atom is 0.287 e. The molecule has 2 rings (SSSR count). The Balaban J connectivity index is 0.00000128. The van der Waals surface area contributed by atoms with Crippen molar-refractivity contribution in [2.75, 3.05) is 0 Å². The van der Waals surface area contributed by atoms with Crippen LogP contribution in [-0.2, 0) is 37.5 Å². The van der Waals surface area contributed by atoms with E-state index in [-0.39, 0.29) is 38.3 Å². The van der Waals surface area contributed by atoms with Crippen LogP contribution in [0.5, 0.6) is 0 Å². The fourth-order valence-corrected chi connectivity index (χ4v) is 2.07. The molecule has 0 aliphatic heterocycles. The molecule has 0 saturated heterocycles. The van der Waals surface area contributed by atoms with E-state index in [1.807, 2.05) is 13.8 Å². The molecular formula is C16H20N2O2Y-2. The third-order valence-electron chi connectivity index (χ3n) is 3.56. The van der Waals surface area contributed by atoms with Crippen molar-refractivity contribution < 1.29 is 42.3 Å². The fraction of sp³-hybridized carbons (Fsp3) is 0.312. The number of fused-ring (bicyclic) bond motifs is 1. The van der Waals surface area contributed by atoms with Crippen LogP contribution in [-0.4, -0.2) is 11.0 Å². The summed E-state index contributed by atoms with van der Waals surface area (Å²) in [4.78, 5) is 19.9. The van der Waals surface area contributed by atoms with Crippen LogP contribution in [0.1, 0.15) is 39.5 Å². The molecule has 0 bridgehead atoms. The van der Waals surface area contributed by atoms with Gasteiger partial charge in [-0.05, 0) is 38.0 Å². The Hall–Kier alpha value is -0.836. The van der Waals surface area contributed by atoms with E-state index in [4.69, 9.17) is 5.90 Å². The van der Waals surface area contributed by atoms with E-state index in [1.54, 1.807) is 6.92 Å². The Bertz CT molecular complexity index is 655. The number of aryl methyl sites for hydroxylation is 2. The van der Waals surface area contributed by atoms with Gasteiger partial charge in [-0.15, -0.1) is 11.6 Å². The Morgan fingerprint density at radius 3 is 2.19 bits per heavy atom. The SMILES string of the molecule is Cc1c(C)c(C)c2ncc(C(=O)ON)[c-]c2c1C.[CH2-]C.[Y]. The van der Waals surface area contributed by atoms with Crippen LogP contribution >= 0.6 is 0 Å². The summed E-state index contributed by atoms with van der Waals surface area (Å²) in [7, 11) is 0. The Morgan fingerprint density at radius 1 is 1.14 bits per heavy atom. The van der Waals surface area contributed by atoms with Gasteiger partial charge in [0.25, 0.3) is 5.97 Å². The van der Waals surface area contributed by atoms with E-state index in [0.717, 1.165) is 22.0 Å². The molecule has 1 radical (unpaired) electrons. The summed E-state index contributed by atoms with van der Waals surface area (Å²) in [6.07, 6.45) is 1.44. The van der Waals surface area contributed by atoms with Crippen molar-refractivity contribution in [2.24, 2.45) is 5.90 Å². The molecule has 21 heavy (non-hydrogen) atoms. The van der Waals surface area contributed by atoms with E-state index in [9.17, 15) is 4.79 Å². The zero-order valence-corrected chi connectivity index (χ0v) is 16.0. The molecule has 111 valence electrons. The maximum atomic E-state index is 11.4. The number of hydrogen-bond acceptors (Lipinski definition) is 4. The quantitative estimate of drug-likeness (QED) is 0.626. The first-order valence-electron chi connectivity index (χ1n) is 6.37. The molecule has 1 aromatic heterocycles. The predicted octanol–water partition coefficient (Wildman–Crippen LogP) is 3.14. The number of pyridine rings is 1. The predicted molar refractivity (Wildman–Crippen MR) is 80.2 cm³/mol. The minimum Gasteiger partial charge on any atom is -0.406 e. The summed E-state index contributed by atoms with van der Waals surface area (Å²) in [5.41, 5.74) is 5.70. The number of nitrogens with two attached hydrogens (primary N) is 1. The van der Waals surface area contributed by atoms with E-state index in [2.05, 4.69) is 36.7 Å². The zero-order valence-electron chi connectivity index (χ0n) is 13.2. The van der Waals surface area contributed by atoms with Gasteiger partial charge in [-0.1, -0.05) is 29.0 Å². The Kier molecular flexibility index (Phi) is 8.23. The second-order valence-electron chi connectivity index (χ2n) is 4.43. The van der Waals surface area contributed by atoms with Crippen LogP contribution < -0.4 is 5.90 Å². The second-order valence-corrected chi connectivity index (χ2v) is 4.43. The molecule has 4 nitrogen and oxygen atoms in total. The van der Waals surface area contributed by atoms with Crippen molar-refractivity contribution in [3.8, 4) is 0 Å². The molecule has 0 fully saturated rings. The molecule has 2 N–H and O–H groups in total. The van der Waals surface area contributed by atoms with Crippen molar-refractivity contribution in [1.82, 2.24) is 4.98 Å². The molecule has 1 aromatic carbocycles. The maximum absolute atomic E-state index is 11.4. The summed E-state index contributed by atoms with van der Waals surface area (Å²) in [5, 5.41) is 0.846. The summed E-state index contributed by atoms with van der Waals surface area (Å²) in [6.45, 7) is 13.1. The van der Waals surface area contributed by atoms with Crippen LogP contribution in [0.15, 0.2) is 6.20 Å². The second kappa shape index (κ2) is 8.57. The van der Waals surface area contributed by atoms with Crippen LogP contribution in [0.2, 0.25) is 0 Å². The van der Waals surface area contributed by atoms with Gasteiger partial charge in [-0.25, -0.2) is 0 Å². The summed E-state index contributed by atoms with van der Waals surface area (Å²) in [5.74, 6) is 4.25. The molecular weight excluding hydrogens is 341 g/mol. The van der Waals surface area contributed by atoms with Gasteiger partial charge in [0.05, 0.1) is 0 Å². The average Bonchev–Trinajstić information content (AvgIpc) is 2.51. The Morgan fingerprint density at radius 2 is 1.67 bits per heavy atom. The molecule has 5 heteroatoms. The van der Waals surface area contributed by atoms with E-state index in [0.29, 0.717) is 0 Å². The first-order chi connectivity index (χ1) is 9.47. The first kappa shape index (κ1) is 20.2. The number of rotatable bonds is 1. The molecule has 0 saturated carbocycles. The average molecular weight is 361 g/mol. The largest absolute Gasteiger partial charge is 0.406 e. The van der Waals surface area contributed by atoms with Crippen LogP contribution in [0.3, 0.4) is 0 Å². The number of carbonyl (C=O) groups excluding carboxylic acids is 1. The molecule has 1 heterocycles. The molecule has 0 spiro atoms. The fourth-order valence-electron chi connectivity index (χ4n) is 2.07. The van der Waals surface area contributed by atoms with Gasteiger partial charge in [0, 0.05) is 32.7 Å². The normalized spacial score (nSPS) is 9.48. The standard InChI is InChI=1S/C14H15N2O2.C2H5.Y/c1-7-8(2)10(4)13-12(9(7)3)5-11(6-16-13)14(17)18-15;1-2;/h6H,15H2,1-4H3;1H2,2H3;/q2*-1;. The third-order valence-corrected chi connectivity index (χ3v) is 3.56. The van der Waals surface area contributed by atoms with Gasteiger partial charge in [0.1, 0.15) is 0 Å². The van der Waals surface area contributed by atoms with Gasteiger partial charge in [0.15, 0.2) is 0 Å². The smallest absolute Gasteiger partial charge is 0.287 e. The number of carbonyl (C=O) groups is 1. The number of hydrogen-bond donors (Lipinski definition) is 1. The summed E-state index contributed by atoms with van der Waals surface area (Å²) < 4.78 is 0. The monoisotopic (exact) mass is 361 g/mol. The third kappa shape index (κ3) is 3.88. The minimum atomic E-state index is -0.625. The van der Waals surface area contributed by atoms with Crippen LogP contribution in [0.25, 0.3) is 10.9 Å². The number of benzene rings is 1. The van der Waals surface area contributed by atoms with E-state index < -0.39 is 5.97 Å². The molecule has 2 aromatic rings. The van der Waals surface area contributed by atoms with Gasteiger partial charge < -0.3 is 16.7 Å². The minimum absolute atomic E-state index is 0. The van der Waals surface area contributed by atoms with Crippen LogP contribution in [0, 0.1) is 40.7 Å². The van der Waals surface area contributed by atoms with Crippen molar-refractivity contribution in [3.05, 3.63) is 47.0 Å². The van der Waals surface area contributed by atoms with Gasteiger partial charge >= 0.3 is 0 Å². The van der Waals surface area contributed by atoms with Crippen molar-refractivity contribution in [3.63, 3.8) is 0 Å². The molecule has 0 atom stereocenters. The zero-order chi connectivity index (χ0) is 15.4. The van der Waals surface area contributed by atoms with Gasteiger partial charge in [-0.3, -0.25) is 4.79 Å². The van der Waals surface area contributed by atoms with Crippen molar-refractivity contribution in [1.29, 1.82) is 0 Å². The van der Waals surface area contributed by atoms with E-state index in [1.165, 1.54) is 17.3 Å². The van der Waals surface area contributed by atoms with Crippen molar-refractivity contribution in [2.45, 2.75) is 34.6 Å². The van der Waals surface area contributed by atoms with Gasteiger partial charge in [-0.2, -0.15) is 12.8 Å². The molecule has 0 unspecified atom stereocenters. The Labute approximate surface area is 151 Å². The molecule has 0 aliphatic rings. The number of nitrogens with zero attached hydrogens (tertiary/aromatic N) is 1. The summed E-state index contributed by atoms with van der Waals surface area (Å²) in [6, 6.07) is 3.04. The van der Waals surface area contributed by atoms with Crippen molar-refractivity contribution >= 4 is 16.9 Å². The van der Waals surface area contributed by atoms with E-state index >= 15 is 0 Å². The first-order valence-corrected chi connectivity index (χ1v) is 6.37. The van der Waals surface area contributed by atoms with Gasteiger partial charge in [0.2, 0.25) is 0 Å². The molecule has 0 amide bonds. The van der Waals surface area contributed by atoms with Crippen LogP contribution in [0.4, 0.5) is 0 Å². The summed E-state index contributed by atoms with van der Waals surface area (Å²) >= 11 is 0. The topological polar surface area (TPSA) is 65.2 Å². The molecule has 0 aliphatic carbocycles.